The number of nitrogens with one attached hydrogen (secondary N) is 2. The molecule has 0 atom stereocenters. The van der Waals surface area contributed by atoms with Crippen LogP contribution in [-0.4, -0.2) is 46.6 Å². The van der Waals surface area contributed by atoms with Crippen LogP contribution < -0.4 is 10.6 Å². The molecule has 2 aliphatic rings. The molecule has 4 rings (SSSR count). The van der Waals surface area contributed by atoms with Crippen molar-refractivity contribution in [2.45, 2.75) is 6.92 Å². The fraction of sp³-hybridized carbons (Fsp3) is 0.167. The van der Waals surface area contributed by atoms with Gasteiger partial charge in [0.2, 0.25) is 11.9 Å². The molecule has 0 unspecified atom stereocenters. The van der Waals surface area contributed by atoms with Crippen LogP contribution in [0.3, 0.4) is 0 Å². The highest BCUT2D eigenvalue weighted by Gasteiger charge is 2.31. The summed E-state index contributed by atoms with van der Waals surface area (Å²) in [5.74, 6) is 0.911. The van der Waals surface area contributed by atoms with E-state index in [9.17, 15) is 9.59 Å². The number of aliphatic imine (C=N–C) groups is 2. The van der Waals surface area contributed by atoms with Crippen LogP contribution in [0.5, 0.6) is 0 Å². The molecule has 0 fully saturated rings. The van der Waals surface area contributed by atoms with Crippen molar-refractivity contribution in [2.24, 2.45) is 9.98 Å². The van der Waals surface area contributed by atoms with Gasteiger partial charge >= 0.3 is 0 Å². The first-order chi connectivity index (χ1) is 13.0. The summed E-state index contributed by atoms with van der Waals surface area (Å²) in [5, 5.41) is 5.86. The number of anilines is 1. The average molecular weight is 383 g/mol. The Morgan fingerprint density at radius 2 is 2.04 bits per heavy atom. The first-order valence-corrected chi connectivity index (χ1v) is 8.65. The van der Waals surface area contributed by atoms with Gasteiger partial charge in [-0.1, -0.05) is 17.7 Å². The van der Waals surface area contributed by atoms with Gasteiger partial charge in [-0.05, 0) is 24.3 Å². The first kappa shape index (κ1) is 17.2. The van der Waals surface area contributed by atoms with Gasteiger partial charge in [0.15, 0.2) is 0 Å². The summed E-state index contributed by atoms with van der Waals surface area (Å²) < 4.78 is 0. The van der Waals surface area contributed by atoms with Crippen LogP contribution in [0.2, 0.25) is 5.02 Å². The molecule has 0 saturated heterocycles. The molecule has 0 spiro atoms. The molecule has 2 N–H and O–H groups in total. The molecule has 1 aromatic heterocycles. The van der Waals surface area contributed by atoms with E-state index in [2.05, 4.69) is 25.6 Å². The minimum Gasteiger partial charge on any atom is -0.311 e. The van der Waals surface area contributed by atoms with Crippen LogP contribution >= 0.6 is 11.6 Å². The summed E-state index contributed by atoms with van der Waals surface area (Å²) in [4.78, 5) is 38.6. The molecule has 0 aliphatic carbocycles. The van der Waals surface area contributed by atoms with Crippen LogP contribution in [-0.2, 0) is 4.79 Å². The molecule has 3 heterocycles. The second-order valence-electron chi connectivity index (χ2n) is 6.00. The normalized spacial score (nSPS) is 14.7. The number of para-hydroxylation sites is 1. The highest BCUT2D eigenvalue weighted by Crippen LogP contribution is 2.34. The second kappa shape index (κ2) is 6.81. The van der Waals surface area contributed by atoms with Crippen LogP contribution in [0.4, 0.5) is 11.5 Å². The molecular formula is C18H15ClN6O2. The van der Waals surface area contributed by atoms with Crippen molar-refractivity contribution in [3.05, 3.63) is 52.7 Å². The topological polar surface area (TPSA) is 99.0 Å². The van der Waals surface area contributed by atoms with Gasteiger partial charge in [0.1, 0.15) is 11.7 Å². The number of carbonyl (C=O) groups is 2. The van der Waals surface area contributed by atoms with E-state index < -0.39 is 0 Å². The fourth-order valence-corrected chi connectivity index (χ4v) is 3.13. The Morgan fingerprint density at radius 3 is 2.78 bits per heavy atom. The Morgan fingerprint density at radius 1 is 1.19 bits per heavy atom. The van der Waals surface area contributed by atoms with Crippen molar-refractivity contribution >= 4 is 46.7 Å². The van der Waals surface area contributed by atoms with E-state index in [0.29, 0.717) is 41.1 Å². The molecule has 8 nitrogen and oxygen atoms in total. The molecule has 2 aliphatic heterocycles. The number of benzene rings is 1. The summed E-state index contributed by atoms with van der Waals surface area (Å²) in [5.41, 5.74) is 1.78. The number of halogens is 1. The van der Waals surface area contributed by atoms with Gasteiger partial charge < -0.3 is 5.32 Å². The van der Waals surface area contributed by atoms with Gasteiger partial charge in [0.25, 0.3) is 5.91 Å². The van der Waals surface area contributed by atoms with E-state index in [1.165, 1.54) is 13.1 Å². The third-order valence-corrected chi connectivity index (χ3v) is 4.40. The predicted molar refractivity (Wildman–Crippen MR) is 103 cm³/mol. The number of rotatable bonds is 2. The highest BCUT2D eigenvalue weighted by atomic mass is 35.5. The lowest BCUT2D eigenvalue weighted by molar-refractivity contribution is -0.114. The van der Waals surface area contributed by atoms with Gasteiger partial charge in [-0.2, -0.15) is 0 Å². The van der Waals surface area contributed by atoms with Gasteiger partial charge in [-0.25, -0.2) is 9.98 Å². The maximum absolute atomic E-state index is 12.6. The zero-order valence-corrected chi connectivity index (χ0v) is 15.1. The molecular weight excluding hydrogens is 368 g/mol. The Balaban J connectivity index is 1.60. The van der Waals surface area contributed by atoms with E-state index in [1.54, 1.807) is 18.2 Å². The van der Waals surface area contributed by atoms with Gasteiger partial charge in [0.05, 0.1) is 22.8 Å². The van der Waals surface area contributed by atoms with E-state index in [0.717, 1.165) is 11.4 Å². The number of fused-ring (bicyclic) bond motifs is 3. The number of pyridine rings is 1. The summed E-state index contributed by atoms with van der Waals surface area (Å²) in [7, 11) is 0. The van der Waals surface area contributed by atoms with Gasteiger partial charge in [-0.15, -0.1) is 0 Å². The van der Waals surface area contributed by atoms with Crippen LogP contribution in [0.1, 0.15) is 22.8 Å². The third kappa shape index (κ3) is 3.26. The highest BCUT2D eigenvalue weighted by molar-refractivity contribution is 6.35. The fourth-order valence-electron chi connectivity index (χ4n) is 2.91. The molecule has 2 aromatic rings. The average Bonchev–Trinajstić information content (AvgIpc) is 3.13. The van der Waals surface area contributed by atoms with Crippen molar-refractivity contribution in [1.29, 1.82) is 0 Å². The quantitative estimate of drug-likeness (QED) is 0.831. The summed E-state index contributed by atoms with van der Waals surface area (Å²) >= 11 is 6.27. The monoisotopic (exact) mass is 382 g/mol. The largest absolute Gasteiger partial charge is 0.311 e. The zero-order chi connectivity index (χ0) is 19.0. The number of nitrogens with zero attached hydrogens (tertiary/aromatic N) is 4. The number of guanidine groups is 1. The van der Waals surface area contributed by atoms with Crippen LogP contribution in [0.25, 0.3) is 0 Å². The molecule has 1 aromatic carbocycles. The van der Waals surface area contributed by atoms with Crippen molar-refractivity contribution in [1.82, 2.24) is 15.2 Å². The van der Waals surface area contributed by atoms with Gasteiger partial charge in [0, 0.05) is 25.2 Å². The predicted octanol–water partition coefficient (Wildman–Crippen LogP) is 2.19. The molecule has 0 radical (unpaired) electrons. The van der Waals surface area contributed by atoms with Crippen LogP contribution in [0, 0.1) is 0 Å². The Bertz CT molecular complexity index is 999. The Labute approximate surface area is 160 Å². The number of carbonyl (C=O) groups excluding carboxylic acids is 2. The third-order valence-electron chi connectivity index (χ3n) is 4.10. The second-order valence-corrected chi connectivity index (χ2v) is 6.40. The molecule has 27 heavy (non-hydrogen) atoms. The number of amides is 2. The van der Waals surface area contributed by atoms with E-state index in [4.69, 9.17) is 11.6 Å². The lowest BCUT2D eigenvalue weighted by atomic mass is 10.1. The molecule has 0 saturated carbocycles. The SMILES string of the molecule is CC(=O)Nc1ccc(C(=O)NC2=Nc3c(Cl)cccc3C3=NCCN23)cn1. The number of hydrogen-bond donors (Lipinski definition) is 2. The van der Waals surface area contributed by atoms with E-state index in [-0.39, 0.29) is 11.8 Å². The maximum atomic E-state index is 12.6. The number of aromatic nitrogens is 1. The minimum absolute atomic E-state index is 0.229. The van der Waals surface area contributed by atoms with Crippen molar-refractivity contribution < 1.29 is 9.59 Å². The van der Waals surface area contributed by atoms with Crippen molar-refractivity contribution in [3.63, 3.8) is 0 Å². The zero-order valence-electron chi connectivity index (χ0n) is 14.4. The molecule has 136 valence electrons. The maximum Gasteiger partial charge on any atom is 0.259 e. The van der Waals surface area contributed by atoms with Crippen molar-refractivity contribution in [2.75, 3.05) is 18.4 Å². The summed E-state index contributed by atoms with van der Waals surface area (Å²) in [6.07, 6.45) is 1.39. The number of hydrogen-bond acceptors (Lipinski definition) is 6. The van der Waals surface area contributed by atoms with E-state index >= 15 is 0 Å². The minimum atomic E-state index is -0.364. The lowest BCUT2D eigenvalue weighted by Crippen LogP contribution is -2.47. The Kier molecular flexibility index (Phi) is 4.33. The standard InChI is InChI=1S/C18H15ClN6O2/c1-10(26)22-14-6-5-11(9-21-14)17(27)24-18-23-15-12(3-2-4-13(15)19)16-20-7-8-25(16)18/h2-6,9H,7-8H2,1H3,(H,21,22,26)(H,23,24,27). The van der Waals surface area contributed by atoms with E-state index in [1.807, 2.05) is 17.0 Å². The van der Waals surface area contributed by atoms with Crippen molar-refractivity contribution in [3.8, 4) is 0 Å². The smallest absolute Gasteiger partial charge is 0.259 e. The first-order valence-electron chi connectivity index (χ1n) is 8.27. The molecule has 9 heteroatoms. The molecule has 2 amide bonds. The van der Waals surface area contributed by atoms with Crippen LogP contribution in [0.15, 0.2) is 46.5 Å². The summed E-state index contributed by atoms with van der Waals surface area (Å²) in [6.45, 7) is 2.63. The van der Waals surface area contributed by atoms with Gasteiger partial charge in [-0.3, -0.25) is 24.8 Å². The number of amidine groups is 1. The molecule has 0 bridgehead atoms. The summed E-state index contributed by atoms with van der Waals surface area (Å²) in [6, 6.07) is 8.65. The lowest BCUT2D eigenvalue weighted by Gasteiger charge is -2.27. The Hall–Kier alpha value is -3.26.